The van der Waals surface area contributed by atoms with Gasteiger partial charge in [0.1, 0.15) is 13.2 Å². The van der Waals surface area contributed by atoms with Crippen LogP contribution in [0.2, 0.25) is 0 Å². The van der Waals surface area contributed by atoms with Crippen molar-refractivity contribution in [3.8, 4) is 11.5 Å². The van der Waals surface area contributed by atoms with Gasteiger partial charge in [-0.25, -0.2) is 0 Å². The van der Waals surface area contributed by atoms with Crippen LogP contribution in [0.3, 0.4) is 0 Å². The van der Waals surface area contributed by atoms with E-state index in [1.54, 1.807) is 0 Å². The summed E-state index contributed by atoms with van der Waals surface area (Å²) in [7, 11) is 0. The van der Waals surface area contributed by atoms with Crippen LogP contribution in [0, 0.1) is 0 Å². The second-order valence-electron chi connectivity index (χ2n) is 6.49. The first kappa shape index (κ1) is 15.9. The number of ether oxygens (including phenoxy) is 3. The standard InChI is InChI=1S/C19H23NO3S/c1-19(15-5-11-24-18(15)4-8-23-19)6-7-20-13-14-2-3-16-17(12-14)22-10-9-21-16/h2-3,5,11-12,20H,4,6-10,13H2,1H3. The molecular formula is C19H23NO3S. The molecule has 1 aromatic heterocycles. The molecule has 0 saturated carbocycles. The molecule has 0 aliphatic carbocycles. The number of nitrogens with one attached hydrogen (secondary N) is 1. The van der Waals surface area contributed by atoms with Gasteiger partial charge in [0.15, 0.2) is 11.5 Å². The van der Waals surface area contributed by atoms with Gasteiger partial charge in [0, 0.05) is 17.8 Å². The molecule has 0 fully saturated rings. The molecule has 1 atom stereocenters. The first-order valence-corrected chi connectivity index (χ1v) is 9.43. The van der Waals surface area contributed by atoms with Crippen LogP contribution in [0.15, 0.2) is 29.6 Å². The van der Waals surface area contributed by atoms with Crippen molar-refractivity contribution in [2.24, 2.45) is 0 Å². The zero-order valence-corrected chi connectivity index (χ0v) is 14.8. The Morgan fingerprint density at radius 1 is 1.12 bits per heavy atom. The van der Waals surface area contributed by atoms with Crippen LogP contribution >= 0.6 is 11.3 Å². The second kappa shape index (κ2) is 6.75. The predicted molar refractivity (Wildman–Crippen MR) is 95.1 cm³/mol. The van der Waals surface area contributed by atoms with Gasteiger partial charge in [0.05, 0.1) is 12.2 Å². The fraction of sp³-hybridized carbons (Fsp3) is 0.474. The molecule has 0 radical (unpaired) electrons. The number of hydrogen-bond acceptors (Lipinski definition) is 5. The Morgan fingerprint density at radius 2 is 2.00 bits per heavy atom. The first-order valence-electron chi connectivity index (χ1n) is 8.55. The lowest BCUT2D eigenvalue weighted by Gasteiger charge is -2.34. The Balaban J connectivity index is 1.32. The molecule has 0 spiro atoms. The van der Waals surface area contributed by atoms with Crippen molar-refractivity contribution in [3.05, 3.63) is 45.6 Å². The van der Waals surface area contributed by atoms with Crippen LogP contribution in [0.1, 0.15) is 29.3 Å². The van der Waals surface area contributed by atoms with E-state index in [1.165, 1.54) is 16.0 Å². The maximum Gasteiger partial charge on any atom is 0.161 e. The summed E-state index contributed by atoms with van der Waals surface area (Å²) >= 11 is 1.85. The molecule has 1 aromatic carbocycles. The van der Waals surface area contributed by atoms with E-state index in [9.17, 15) is 0 Å². The monoisotopic (exact) mass is 345 g/mol. The van der Waals surface area contributed by atoms with Gasteiger partial charge in [-0.05, 0) is 54.6 Å². The van der Waals surface area contributed by atoms with E-state index in [4.69, 9.17) is 14.2 Å². The minimum atomic E-state index is -0.159. The normalized spacial score (nSPS) is 22.2. The molecule has 0 amide bonds. The van der Waals surface area contributed by atoms with Gasteiger partial charge >= 0.3 is 0 Å². The van der Waals surface area contributed by atoms with E-state index in [2.05, 4.69) is 35.8 Å². The van der Waals surface area contributed by atoms with E-state index in [0.29, 0.717) is 13.2 Å². The van der Waals surface area contributed by atoms with E-state index >= 15 is 0 Å². The van der Waals surface area contributed by atoms with Crippen molar-refractivity contribution < 1.29 is 14.2 Å². The quantitative estimate of drug-likeness (QED) is 0.842. The topological polar surface area (TPSA) is 39.7 Å². The molecule has 4 rings (SSSR count). The number of thiophene rings is 1. The summed E-state index contributed by atoms with van der Waals surface area (Å²) in [6.07, 6.45) is 2.02. The Bertz CT molecular complexity index is 714. The van der Waals surface area contributed by atoms with Crippen molar-refractivity contribution in [2.75, 3.05) is 26.4 Å². The first-order chi connectivity index (χ1) is 11.7. The second-order valence-corrected chi connectivity index (χ2v) is 7.49. The molecule has 1 N–H and O–H groups in total. The van der Waals surface area contributed by atoms with Crippen molar-refractivity contribution in [3.63, 3.8) is 0 Å². The molecule has 1 unspecified atom stereocenters. The number of rotatable bonds is 5. The van der Waals surface area contributed by atoms with Crippen LogP contribution in [0.4, 0.5) is 0 Å². The van der Waals surface area contributed by atoms with Crippen molar-refractivity contribution in [2.45, 2.75) is 31.9 Å². The summed E-state index contributed by atoms with van der Waals surface area (Å²) in [5.74, 6) is 1.70. The fourth-order valence-electron chi connectivity index (χ4n) is 3.42. The van der Waals surface area contributed by atoms with E-state index in [0.717, 1.165) is 44.0 Å². The van der Waals surface area contributed by atoms with Gasteiger partial charge in [0.25, 0.3) is 0 Å². The molecule has 3 heterocycles. The highest BCUT2D eigenvalue weighted by Crippen LogP contribution is 2.38. The molecule has 2 aromatic rings. The molecule has 2 aliphatic heterocycles. The predicted octanol–water partition coefficient (Wildman–Crippen LogP) is 3.49. The number of benzene rings is 1. The zero-order chi connectivity index (χ0) is 16.4. The lowest BCUT2D eigenvalue weighted by molar-refractivity contribution is -0.0507. The van der Waals surface area contributed by atoms with E-state index in [1.807, 2.05) is 17.4 Å². The van der Waals surface area contributed by atoms with Gasteiger partial charge in [-0.3, -0.25) is 0 Å². The number of hydrogen-bond donors (Lipinski definition) is 1. The third kappa shape index (κ3) is 3.16. The van der Waals surface area contributed by atoms with Crippen molar-refractivity contribution in [1.82, 2.24) is 5.32 Å². The largest absolute Gasteiger partial charge is 0.486 e. The Kier molecular flexibility index (Phi) is 4.48. The smallest absolute Gasteiger partial charge is 0.161 e. The van der Waals surface area contributed by atoms with Gasteiger partial charge < -0.3 is 19.5 Å². The third-order valence-electron chi connectivity index (χ3n) is 4.78. The van der Waals surface area contributed by atoms with E-state index < -0.39 is 0 Å². The summed E-state index contributed by atoms with van der Waals surface area (Å²) < 4.78 is 17.3. The van der Waals surface area contributed by atoms with Gasteiger partial charge in [-0.15, -0.1) is 11.3 Å². The maximum absolute atomic E-state index is 6.11. The molecule has 128 valence electrons. The van der Waals surface area contributed by atoms with Gasteiger partial charge in [-0.1, -0.05) is 6.07 Å². The minimum absolute atomic E-state index is 0.159. The van der Waals surface area contributed by atoms with Crippen LogP contribution in [-0.2, 0) is 23.3 Å². The van der Waals surface area contributed by atoms with Crippen LogP contribution in [-0.4, -0.2) is 26.4 Å². The molecule has 2 aliphatic rings. The van der Waals surface area contributed by atoms with E-state index in [-0.39, 0.29) is 5.60 Å². The lowest BCUT2D eigenvalue weighted by Crippen LogP contribution is -2.34. The highest BCUT2D eigenvalue weighted by Gasteiger charge is 2.33. The molecule has 0 bridgehead atoms. The number of fused-ring (bicyclic) bond motifs is 2. The Morgan fingerprint density at radius 3 is 2.92 bits per heavy atom. The van der Waals surface area contributed by atoms with Crippen LogP contribution in [0.5, 0.6) is 11.5 Å². The summed E-state index contributed by atoms with van der Waals surface area (Å²) in [6, 6.07) is 8.38. The highest BCUT2D eigenvalue weighted by molar-refractivity contribution is 7.10. The molecule has 24 heavy (non-hydrogen) atoms. The van der Waals surface area contributed by atoms with Crippen molar-refractivity contribution >= 4 is 11.3 Å². The third-order valence-corrected chi connectivity index (χ3v) is 5.76. The highest BCUT2D eigenvalue weighted by atomic mass is 32.1. The minimum Gasteiger partial charge on any atom is -0.486 e. The SMILES string of the molecule is CC1(CCNCc2ccc3c(c2)OCCO3)OCCc2sccc21. The Hall–Kier alpha value is -1.56. The summed E-state index contributed by atoms with van der Waals surface area (Å²) in [4.78, 5) is 1.48. The average molecular weight is 345 g/mol. The molecule has 0 saturated heterocycles. The summed E-state index contributed by atoms with van der Waals surface area (Å²) in [5.41, 5.74) is 2.43. The lowest BCUT2D eigenvalue weighted by atomic mass is 9.90. The molecular weight excluding hydrogens is 322 g/mol. The van der Waals surface area contributed by atoms with Gasteiger partial charge in [0.2, 0.25) is 0 Å². The van der Waals surface area contributed by atoms with Gasteiger partial charge in [-0.2, -0.15) is 0 Å². The average Bonchev–Trinajstić information content (AvgIpc) is 3.09. The van der Waals surface area contributed by atoms with Crippen LogP contribution in [0.25, 0.3) is 0 Å². The van der Waals surface area contributed by atoms with Crippen LogP contribution < -0.4 is 14.8 Å². The molecule has 4 nitrogen and oxygen atoms in total. The summed E-state index contributed by atoms with van der Waals surface area (Å²) in [6.45, 7) is 6.04. The zero-order valence-electron chi connectivity index (χ0n) is 14.0. The van der Waals surface area contributed by atoms with Crippen molar-refractivity contribution in [1.29, 1.82) is 0 Å². The fourth-order valence-corrected chi connectivity index (χ4v) is 4.40. The Labute approximate surface area is 146 Å². The maximum atomic E-state index is 6.11. The molecule has 5 heteroatoms. The summed E-state index contributed by atoms with van der Waals surface area (Å²) in [5, 5.41) is 5.71.